The second-order valence-electron chi connectivity index (χ2n) is 4.33. The molecule has 0 aromatic carbocycles. The van der Waals surface area contributed by atoms with Crippen molar-refractivity contribution >= 4 is 11.9 Å². The largest absolute Gasteiger partial charge is 0.465 e. The van der Waals surface area contributed by atoms with Gasteiger partial charge in [0.15, 0.2) is 5.41 Å². The molecule has 0 aromatic heterocycles. The highest BCUT2D eigenvalue weighted by atomic mass is 16.6. The first kappa shape index (κ1) is 17.7. The lowest BCUT2D eigenvalue weighted by atomic mass is 9.82. The maximum Gasteiger partial charge on any atom is 0.327 e. The third-order valence-electron chi connectivity index (χ3n) is 2.84. The maximum atomic E-state index is 12.2. The summed E-state index contributed by atoms with van der Waals surface area (Å²) < 4.78 is 10.2. The highest BCUT2D eigenvalue weighted by Gasteiger charge is 2.45. The average molecular weight is 270 g/mol. The molecule has 0 aromatic rings. The van der Waals surface area contributed by atoms with Gasteiger partial charge in [0.25, 0.3) is 0 Å². The van der Waals surface area contributed by atoms with Gasteiger partial charge in [0.1, 0.15) is 0 Å². The van der Waals surface area contributed by atoms with E-state index in [0.29, 0.717) is 6.42 Å². The first-order chi connectivity index (χ1) is 9.08. The standard InChI is InChI=1S/C15H26O4/c1-5-9-11-15(12-10-6-2,13(16)18-7-3)14(17)19-8-4/h9,11H,5-8,10,12H2,1-4H3. The van der Waals surface area contributed by atoms with E-state index in [0.717, 1.165) is 19.3 Å². The summed E-state index contributed by atoms with van der Waals surface area (Å²) >= 11 is 0. The van der Waals surface area contributed by atoms with Gasteiger partial charge < -0.3 is 9.47 Å². The summed E-state index contributed by atoms with van der Waals surface area (Å²) in [6, 6.07) is 0. The summed E-state index contributed by atoms with van der Waals surface area (Å²) in [6.07, 6.45) is 6.33. The van der Waals surface area contributed by atoms with Crippen LogP contribution in [-0.4, -0.2) is 25.2 Å². The third kappa shape index (κ3) is 5.05. The molecule has 4 heteroatoms. The maximum absolute atomic E-state index is 12.2. The molecule has 0 heterocycles. The molecule has 0 atom stereocenters. The van der Waals surface area contributed by atoms with Crippen molar-refractivity contribution in [1.82, 2.24) is 0 Å². The lowest BCUT2D eigenvalue weighted by Crippen LogP contribution is -2.40. The van der Waals surface area contributed by atoms with Gasteiger partial charge in [-0.25, -0.2) is 0 Å². The predicted molar refractivity (Wildman–Crippen MR) is 74.7 cm³/mol. The summed E-state index contributed by atoms with van der Waals surface area (Å²) in [5.41, 5.74) is -1.28. The molecule has 0 amide bonds. The summed E-state index contributed by atoms with van der Waals surface area (Å²) in [5, 5.41) is 0. The molecular weight excluding hydrogens is 244 g/mol. The van der Waals surface area contributed by atoms with E-state index in [1.165, 1.54) is 0 Å². The highest BCUT2D eigenvalue weighted by molar-refractivity contribution is 6.02. The Hall–Kier alpha value is -1.32. The molecule has 0 saturated carbocycles. The summed E-state index contributed by atoms with van der Waals surface area (Å²) in [5.74, 6) is -1.02. The van der Waals surface area contributed by atoms with Gasteiger partial charge in [-0.05, 0) is 26.7 Å². The first-order valence-corrected chi connectivity index (χ1v) is 7.11. The first-order valence-electron chi connectivity index (χ1n) is 7.11. The zero-order valence-corrected chi connectivity index (χ0v) is 12.5. The van der Waals surface area contributed by atoms with Crippen LogP contribution in [0.4, 0.5) is 0 Å². The minimum Gasteiger partial charge on any atom is -0.465 e. The predicted octanol–water partition coefficient (Wildman–Crippen LogP) is 3.26. The van der Waals surface area contributed by atoms with Gasteiger partial charge >= 0.3 is 11.9 Å². The Bertz CT molecular complexity index is 289. The van der Waals surface area contributed by atoms with Crippen LogP contribution in [-0.2, 0) is 19.1 Å². The molecule has 110 valence electrons. The van der Waals surface area contributed by atoms with E-state index in [9.17, 15) is 9.59 Å². The molecule has 0 saturated heterocycles. The van der Waals surface area contributed by atoms with Crippen molar-refractivity contribution in [1.29, 1.82) is 0 Å². The van der Waals surface area contributed by atoms with E-state index in [1.54, 1.807) is 19.9 Å². The molecule has 0 spiro atoms. The van der Waals surface area contributed by atoms with Gasteiger partial charge in [0.05, 0.1) is 13.2 Å². The molecule has 0 rings (SSSR count). The summed E-state index contributed by atoms with van der Waals surface area (Å²) in [6.45, 7) is 7.95. The zero-order valence-electron chi connectivity index (χ0n) is 12.5. The van der Waals surface area contributed by atoms with Crippen molar-refractivity contribution in [2.24, 2.45) is 5.41 Å². The molecule has 0 bridgehead atoms. The van der Waals surface area contributed by atoms with Crippen LogP contribution >= 0.6 is 0 Å². The normalized spacial score (nSPS) is 11.6. The number of carbonyl (C=O) groups excluding carboxylic acids is 2. The Balaban J connectivity index is 5.35. The molecule has 0 fully saturated rings. The second-order valence-corrected chi connectivity index (χ2v) is 4.33. The summed E-state index contributed by atoms with van der Waals surface area (Å²) in [4.78, 5) is 24.4. The van der Waals surface area contributed by atoms with Crippen LogP contribution in [0.5, 0.6) is 0 Å². The lowest BCUT2D eigenvalue weighted by Gasteiger charge is -2.26. The number of allylic oxidation sites excluding steroid dienone is 1. The molecular formula is C15H26O4. The van der Waals surface area contributed by atoms with Gasteiger partial charge in [-0.3, -0.25) is 9.59 Å². The zero-order chi connectivity index (χ0) is 14.7. The Labute approximate surface area is 116 Å². The van der Waals surface area contributed by atoms with E-state index < -0.39 is 17.4 Å². The van der Waals surface area contributed by atoms with Crippen molar-refractivity contribution < 1.29 is 19.1 Å². The molecule has 0 radical (unpaired) electrons. The molecule has 0 unspecified atom stereocenters. The topological polar surface area (TPSA) is 52.6 Å². The average Bonchev–Trinajstić information content (AvgIpc) is 2.40. The number of ether oxygens (including phenoxy) is 2. The van der Waals surface area contributed by atoms with Crippen LogP contribution in [0, 0.1) is 5.41 Å². The number of unbranched alkanes of at least 4 members (excludes halogenated alkanes) is 1. The molecule has 4 nitrogen and oxygen atoms in total. The van der Waals surface area contributed by atoms with Crippen LogP contribution in [0.25, 0.3) is 0 Å². The van der Waals surface area contributed by atoms with E-state index in [1.807, 2.05) is 19.9 Å². The number of hydrogen-bond acceptors (Lipinski definition) is 4. The number of hydrogen-bond donors (Lipinski definition) is 0. The number of esters is 2. The second kappa shape index (κ2) is 9.59. The van der Waals surface area contributed by atoms with Gasteiger partial charge in [-0.15, -0.1) is 0 Å². The van der Waals surface area contributed by atoms with Crippen LogP contribution in [0.1, 0.15) is 53.4 Å². The van der Waals surface area contributed by atoms with Crippen LogP contribution in [0.3, 0.4) is 0 Å². The summed E-state index contributed by atoms with van der Waals surface area (Å²) in [7, 11) is 0. The SMILES string of the molecule is CCC=CC(CCCC)(C(=O)OCC)C(=O)OCC. The Morgan fingerprint density at radius 1 is 1.00 bits per heavy atom. The van der Waals surface area contributed by atoms with Crippen LogP contribution in [0.15, 0.2) is 12.2 Å². The van der Waals surface area contributed by atoms with Crippen molar-refractivity contribution in [2.75, 3.05) is 13.2 Å². The van der Waals surface area contributed by atoms with Gasteiger partial charge in [0.2, 0.25) is 0 Å². The highest BCUT2D eigenvalue weighted by Crippen LogP contribution is 2.31. The number of rotatable bonds is 9. The van der Waals surface area contributed by atoms with Crippen LogP contribution in [0.2, 0.25) is 0 Å². The van der Waals surface area contributed by atoms with E-state index >= 15 is 0 Å². The van der Waals surface area contributed by atoms with E-state index in [2.05, 4.69) is 0 Å². The minimum absolute atomic E-state index is 0.256. The lowest BCUT2D eigenvalue weighted by molar-refractivity contribution is -0.168. The Morgan fingerprint density at radius 3 is 1.89 bits per heavy atom. The van der Waals surface area contributed by atoms with Crippen LogP contribution < -0.4 is 0 Å². The molecule has 0 aliphatic rings. The molecule has 0 N–H and O–H groups in total. The number of carbonyl (C=O) groups is 2. The van der Waals surface area contributed by atoms with Crippen molar-refractivity contribution in [2.45, 2.75) is 53.4 Å². The van der Waals surface area contributed by atoms with E-state index in [4.69, 9.17) is 9.47 Å². The van der Waals surface area contributed by atoms with Gasteiger partial charge in [-0.2, -0.15) is 0 Å². The van der Waals surface area contributed by atoms with Gasteiger partial charge in [0, 0.05) is 0 Å². The smallest absolute Gasteiger partial charge is 0.327 e. The monoisotopic (exact) mass is 270 g/mol. The fraction of sp³-hybridized carbons (Fsp3) is 0.733. The third-order valence-corrected chi connectivity index (χ3v) is 2.84. The fourth-order valence-corrected chi connectivity index (χ4v) is 1.80. The van der Waals surface area contributed by atoms with Crippen molar-refractivity contribution in [3.8, 4) is 0 Å². The molecule has 19 heavy (non-hydrogen) atoms. The minimum atomic E-state index is -1.28. The Kier molecular flexibility index (Phi) is 8.92. The Morgan fingerprint density at radius 2 is 1.53 bits per heavy atom. The molecule has 0 aliphatic heterocycles. The van der Waals surface area contributed by atoms with Gasteiger partial charge in [-0.1, -0.05) is 38.8 Å². The quantitative estimate of drug-likeness (QED) is 0.366. The van der Waals surface area contributed by atoms with Crippen molar-refractivity contribution in [3.63, 3.8) is 0 Å². The fourth-order valence-electron chi connectivity index (χ4n) is 1.80. The van der Waals surface area contributed by atoms with E-state index in [-0.39, 0.29) is 13.2 Å². The molecule has 0 aliphatic carbocycles. The van der Waals surface area contributed by atoms with Crippen molar-refractivity contribution in [3.05, 3.63) is 12.2 Å².